The second-order valence-corrected chi connectivity index (χ2v) is 5.85. The second kappa shape index (κ2) is 5.46. The molecule has 2 saturated heterocycles. The molecule has 6 nitrogen and oxygen atoms in total. The third-order valence-electron chi connectivity index (χ3n) is 4.43. The highest BCUT2D eigenvalue weighted by atomic mass is 16.2. The number of urea groups is 1. The molecular weight excluding hydrogens is 278 g/mol. The average molecular weight is 297 g/mol. The molecule has 1 N–H and O–H groups in total. The quantitative estimate of drug-likeness (QED) is 0.935. The van der Waals surface area contributed by atoms with Crippen LogP contribution in [0.2, 0.25) is 0 Å². The summed E-state index contributed by atoms with van der Waals surface area (Å²) in [6.45, 7) is 4.16. The van der Waals surface area contributed by atoms with Crippen LogP contribution < -0.4 is 4.90 Å². The fourth-order valence-corrected chi connectivity index (χ4v) is 3.34. The molecule has 0 unspecified atom stereocenters. The van der Waals surface area contributed by atoms with Crippen molar-refractivity contribution in [2.75, 3.05) is 31.1 Å². The van der Waals surface area contributed by atoms with Crippen LogP contribution in [-0.2, 0) is 6.54 Å². The van der Waals surface area contributed by atoms with E-state index in [0.29, 0.717) is 0 Å². The Morgan fingerprint density at radius 1 is 1.18 bits per heavy atom. The van der Waals surface area contributed by atoms with E-state index in [0.717, 1.165) is 44.2 Å². The Morgan fingerprint density at radius 2 is 2.05 bits per heavy atom. The molecule has 6 heteroatoms. The fourth-order valence-electron chi connectivity index (χ4n) is 3.34. The number of hydrogen-bond donors (Lipinski definition) is 1. The molecule has 1 atom stereocenters. The lowest BCUT2D eigenvalue weighted by atomic mass is 10.2. The molecule has 0 spiro atoms. The highest BCUT2D eigenvalue weighted by Crippen LogP contribution is 2.26. The Hall–Kier alpha value is -2.34. The first kappa shape index (κ1) is 13.3. The number of rotatable bonds is 3. The molecule has 2 fully saturated rings. The largest absolute Gasteiger partial charge is 0.348 e. The molecule has 2 aromatic rings. The van der Waals surface area contributed by atoms with E-state index in [4.69, 9.17) is 0 Å². The number of para-hydroxylation sites is 1. The van der Waals surface area contributed by atoms with E-state index < -0.39 is 0 Å². The first-order valence-electron chi connectivity index (χ1n) is 7.65. The second-order valence-electron chi connectivity index (χ2n) is 5.85. The van der Waals surface area contributed by atoms with E-state index in [-0.39, 0.29) is 12.1 Å². The van der Waals surface area contributed by atoms with Crippen molar-refractivity contribution in [3.63, 3.8) is 0 Å². The normalized spacial score (nSPS) is 22.2. The number of carbonyl (C=O) groups excluding carboxylic acids is 1. The first-order valence-corrected chi connectivity index (χ1v) is 7.65. The van der Waals surface area contributed by atoms with Crippen LogP contribution in [-0.4, -0.2) is 58.0 Å². The van der Waals surface area contributed by atoms with Gasteiger partial charge in [0, 0.05) is 44.3 Å². The monoisotopic (exact) mass is 297 g/mol. The van der Waals surface area contributed by atoms with Crippen LogP contribution in [0.25, 0.3) is 0 Å². The van der Waals surface area contributed by atoms with Crippen LogP contribution in [0, 0.1) is 0 Å². The average Bonchev–Trinajstić information content (AvgIpc) is 3.16. The lowest BCUT2D eigenvalue weighted by Crippen LogP contribution is -2.51. The van der Waals surface area contributed by atoms with E-state index in [1.54, 1.807) is 6.20 Å². The van der Waals surface area contributed by atoms with Crippen molar-refractivity contribution in [1.82, 2.24) is 19.8 Å². The van der Waals surface area contributed by atoms with E-state index in [1.807, 2.05) is 46.3 Å². The highest BCUT2D eigenvalue weighted by molar-refractivity contribution is 5.94. The number of piperazine rings is 1. The molecule has 1 aromatic heterocycles. The summed E-state index contributed by atoms with van der Waals surface area (Å²) in [6, 6.07) is 10.3. The van der Waals surface area contributed by atoms with Crippen molar-refractivity contribution in [3.05, 3.63) is 48.5 Å². The van der Waals surface area contributed by atoms with Crippen LogP contribution in [0.3, 0.4) is 0 Å². The maximum atomic E-state index is 12.6. The van der Waals surface area contributed by atoms with E-state index in [9.17, 15) is 4.79 Å². The topological polar surface area (TPSA) is 55.5 Å². The van der Waals surface area contributed by atoms with Gasteiger partial charge in [-0.1, -0.05) is 18.2 Å². The van der Waals surface area contributed by atoms with Crippen molar-refractivity contribution in [2.24, 2.45) is 0 Å². The molecule has 1 aromatic carbocycles. The number of amides is 2. The highest BCUT2D eigenvalue weighted by Gasteiger charge is 2.41. The lowest BCUT2D eigenvalue weighted by molar-refractivity contribution is 0.115. The van der Waals surface area contributed by atoms with Gasteiger partial charge in [0.2, 0.25) is 0 Å². The SMILES string of the molecule is O=C1N(c2ccccc2)C[C@H]2CN(Cc3ncc[nH]3)CCN12. The Morgan fingerprint density at radius 3 is 2.82 bits per heavy atom. The van der Waals surface area contributed by atoms with Crippen LogP contribution in [0.5, 0.6) is 0 Å². The van der Waals surface area contributed by atoms with Gasteiger partial charge in [0.05, 0.1) is 12.6 Å². The van der Waals surface area contributed by atoms with Gasteiger partial charge in [-0.25, -0.2) is 9.78 Å². The summed E-state index contributed by atoms with van der Waals surface area (Å²) in [5.41, 5.74) is 0.986. The maximum Gasteiger partial charge on any atom is 0.324 e. The summed E-state index contributed by atoms with van der Waals surface area (Å²) in [4.78, 5) is 26.3. The zero-order valence-electron chi connectivity index (χ0n) is 12.4. The summed E-state index contributed by atoms with van der Waals surface area (Å²) >= 11 is 0. The molecule has 2 amide bonds. The van der Waals surface area contributed by atoms with Crippen molar-refractivity contribution in [3.8, 4) is 0 Å². The van der Waals surface area contributed by atoms with Gasteiger partial charge < -0.3 is 9.88 Å². The van der Waals surface area contributed by atoms with Gasteiger partial charge in [-0.05, 0) is 12.1 Å². The van der Waals surface area contributed by atoms with Gasteiger partial charge in [-0.15, -0.1) is 0 Å². The van der Waals surface area contributed by atoms with E-state index >= 15 is 0 Å². The predicted octanol–water partition coefficient (Wildman–Crippen LogP) is 1.54. The molecular formula is C16H19N5O. The summed E-state index contributed by atoms with van der Waals surface area (Å²) in [5, 5.41) is 0. The van der Waals surface area contributed by atoms with Gasteiger partial charge in [0.25, 0.3) is 0 Å². The number of nitrogens with zero attached hydrogens (tertiary/aromatic N) is 4. The Balaban J connectivity index is 1.46. The van der Waals surface area contributed by atoms with Gasteiger partial charge >= 0.3 is 6.03 Å². The summed E-state index contributed by atoms with van der Waals surface area (Å²) in [7, 11) is 0. The number of nitrogens with one attached hydrogen (secondary N) is 1. The molecule has 22 heavy (non-hydrogen) atoms. The number of imidazole rings is 1. The van der Waals surface area contributed by atoms with Crippen LogP contribution in [0.15, 0.2) is 42.7 Å². The summed E-state index contributed by atoms with van der Waals surface area (Å²) in [5.74, 6) is 0.984. The number of H-pyrrole nitrogens is 1. The Bertz CT molecular complexity index is 642. The molecule has 4 rings (SSSR count). The molecule has 0 radical (unpaired) electrons. The van der Waals surface area contributed by atoms with Crippen LogP contribution >= 0.6 is 0 Å². The smallest absolute Gasteiger partial charge is 0.324 e. The van der Waals surface area contributed by atoms with Crippen molar-refractivity contribution in [2.45, 2.75) is 12.6 Å². The molecule has 0 aliphatic carbocycles. The molecule has 2 aliphatic rings. The Kier molecular flexibility index (Phi) is 3.31. The first-order chi connectivity index (χ1) is 10.8. The summed E-state index contributed by atoms with van der Waals surface area (Å²) in [6.07, 6.45) is 3.63. The van der Waals surface area contributed by atoms with Crippen molar-refractivity contribution in [1.29, 1.82) is 0 Å². The zero-order valence-corrected chi connectivity index (χ0v) is 12.4. The molecule has 0 bridgehead atoms. The third-order valence-corrected chi connectivity index (χ3v) is 4.43. The minimum Gasteiger partial charge on any atom is -0.348 e. The van der Waals surface area contributed by atoms with Crippen molar-refractivity contribution < 1.29 is 4.79 Å². The minimum atomic E-state index is 0.133. The van der Waals surface area contributed by atoms with Crippen molar-refractivity contribution >= 4 is 11.7 Å². The van der Waals surface area contributed by atoms with Gasteiger partial charge in [-0.2, -0.15) is 0 Å². The fraction of sp³-hybridized carbons (Fsp3) is 0.375. The number of fused-ring (bicyclic) bond motifs is 1. The lowest BCUT2D eigenvalue weighted by Gasteiger charge is -2.35. The van der Waals surface area contributed by atoms with Crippen LogP contribution in [0.1, 0.15) is 5.82 Å². The van der Waals surface area contributed by atoms with E-state index in [1.165, 1.54) is 0 Å². The molecule has 3 heterocycles. The maximum absolute atomic E-state index is 12.6. The number of anilines is 1. The molecule has 0 saturated carbocycles. The summed E-state index contributed by atoms with van der Waals surface area (Å²) < 4.78 is 0. The Labute approximate surface area is 129 Å². The zero-order chi connectivity index (χ0) is 14.9. The molecule has 114 valence electrons. The number of benzene rings is 1. The predicted molar refractivity (Wildman–Crippen MR) is 83.5 cm³/mol. The number of hydrogen-bond acceptors (Lipinski definition) is 3. The molecule has 2 aliphatic heterocycles. The van der Waals surface area contributed by atoms with E-state index in [2.05, 4.69) is 14.9 Å². The standard InChI is InChI=1S/C16H19N5O/c22-16-20-9-8-19(12-15-17-6-7-18-15)10-14(20)11-21(16)13-4-2-1-3-5-13/h1-7,14H,8-12H2,(H,17,18)/t14-/m1/s1. The third kappa shape index (κ3) is 2.35. The van der Waals surface area contributed by atoms with Gasteiger partial charge in [-0.3, -0.25) is 9.80 Å². The van der Waals surface area contributed by atoms with Gasteiger partial charge in [0.1, 0.15) is 5.82 Å². The van der Waals surface area contributed by atoms with Crippen LogP contribution in [0.4, 0.5) is 10.5 Å². The minimum absolute atomic E-state index is 0.133. The number of aromatic nitrogens is 2. The number of carbonyl (C=O) groups is 1. The number of aromatic amines is 1. The van der Waals surface area contributed by atoms with Gasteiger partial charge in [0.15, 0.2) is 0 Å².